The first kappa shape index (κ1) is 13.2. The van der Waals surface area contributed by atoms with Crippen LogP contribution in [0.4, 0.5) is 0 Å². The van der Waals surface area contributed by atoms with E-state index in [1.54, 1.807) is 18.0 Å². The molecule has 0 saturated carbocycles. The Morgan fingerprint density at radius 3 is 2.42 bits per heavy atom. The minimum atomic E-state index is -0.0943. The third-order valence-electron chi connectivity index (χ3n) is 2.72. The zero-order chi connectivity index (χ0) is 13.8. The Kier molecular flexibility index (Phi) is 3.90. The van der Waals surface area contributed by atoms with Crippen molar-refractivity contribution < 1.29 is 13.6 Å². The molecular formula is C15H17NO3. The molecule has 0 bridgehead atoms. The topological polar surface area (TPSA) is 46.6 Å². The predicted octanol–water partition coefficient (Wildman–Crippen LogP) is 3.16. The Hall–Kier alpha value is -2.23. The van der Waals surface area contributed by atoms with Gasteiger partial charge in [-0.3, -0.25) is 4.79 Å². The fourth-order valence-corrected chi connectivity index (χ4v) is 1.71. The van der Waals surface area contributed by atoms with Crippen LogP contribution in [0.2, 0.25) is 0 Å². The molecule has 2 rings (SSSR count). The van der Waals surface area contributed by atoms with Crippen molar-refractivity contribution in [3.63, 3.8) is 0 Å². The Labute approximate surface area is 112 Å². The molecule has 0 aromatic carbocycles. The summed E-state index contributed by atoms with van der Waals surface area (Å²) < 4.78 is 10.8. The van der Waals surface area contributed by atoms with Crippen LogP contribution in [0.3, 0.4) is 0 Å². The number of likely N-dealkylation sites (N-methyl/N-ethyl adjacent to an activating group) is 1. The van der Waals surface area contributed by atoms with Crippen LogP contribution in [-0.2, 0) is 11.3 Å². The lowest BCUT2D eigenvalue weighted by atomic mass is 10.3. The first-order chi connectivity index (χ1) is 9.04. The lowest BCUT2D eigenvalue weighted by molar-refractivity contribution is -0.125. The van der Waals surface area contributed by atoms with Gasteiger partial charge in [0, 0.05) is 13.1 Å². The maximum absolute atomic E-state index is 11.9. The summed E-state index contributed by atoms with van der Waals surface area (Å²) in [4.78, 5) is 13.5. The summed E-state index contributed by atoms with van der Waals surface area (Å²) >= 11 is 0. The third kappa shape index (κ3) is 3.61. The number of carbonyl (C=O) groups excluding carboxylic acids is 1. The van der Waals surface area contributed by atoms with E-state index >= 15 is 0 Å². The van der Waals surface area contributed by atoms with Crippen LogP contribution in [0, 0.1) is 13.8 Å². The van der Waals surface area contributed by atoms with Gasteiger partial charge in [-0.15, -0.1) is 0 Å². The molecule has 0 aliphatic rings. The standard InChI is InChI=1S/C15H17NO3/c1-11-4-6-13(18-11)8-9-15(17)16(3)10-14-7-5-12(2)19-14/h4-9H,10H2,1-3H3/b9-8+. The van der Waals surface area contributed by atoms with Crippen molar-refractivity contribution in [2.24, 2.45) is 0 Å². The van der Waals surface area contributed by atoms with Gasteiger partial charge in [0.15, 0.2) is 0 Å². The SMILES string of the molecule is Cc1ccc(/C=C/C(=O)N(C)Cc2ccc(C)o2)o1. The van der Waals surface area contributed by atoms with Crippen LogP contribution in [0.25, 0.3) is 6.08 Å². The summed E-state index contributed by atoms with van der Waals surface area (Å²) in [6.07, 6.45) is 3.16. The molecule has 0 atom stereocenters. The normalized spacial score (nSPS) is 11.1. The maximum atomic E-state index is 11.9. The van der Waals surface area contributed by atoms with E-state index in [1.807, 2.05) is 38.1 Å². The Morgan fingerprint density at radius 2 is 1.84 bits per heavy atom. The van der Waals surface area contributed by atoms with Gasteiger partial charge in [0.2, 0.25) is 5.91 Å². The van der Waals surface area contributed by atoms with Crippen molar-refractivity contribution in [1.82, 2.24) is 4.90 Å². The minimum Gasteiger partial charge on any atom is -0.464 e. The predicted molar refractivity (Wildman–Crippen MR) is 72.4 cm³/mol. The van der Waals surface area contributed by atoms with Crippen molar-refractivity contribution >= 4 is 12.0 Å². The summed E-state index contributed by atoms with van der Waals surface area (Å²) in [6, 6.07) is 7.45. The number of amides is 1. The van der Waals surface area contributed by atoms with Gasteiger partial charge in [0.25, 0.3) is 0 Å². The Morgan fingerprint density at radius 1 is 1.16 bits per heavy atom. The van der Waals surface area contributed by atoms with Crippen molar-refractivity contribution in [2.75, 3.05) is 7.05 Å². The van der Waals surface area contributed by atoms with Gasteiger partial charge < -0.3 is 13.7 Å². The summed E-state index contributed by atoms with van der Waals surface area (Å²) in [7, 11) is 1.73. The average molecular weight is 259 g/mol. The molecule has 1 amide bonds. The fourth-order valence-electron chi connectivity index (χ4n) is 1.71. The maximum Gasteiger partial charge on any atom is 0.246 e. The average Bonchev–Trinajstić information content (AvgIpc) is 2.95. The molecule has 0 N–H and O–H groups in total. The van der Waals surface area contributed by atoms with Gasteiger partial charge in [-0.2, -0.15) is 0 Å². The van der Waals surface area contributed by atoms with E-state index in [0.29, 0.717) is 12.3 Å². The number of nitrogens with zero attached hydrogens (tertiary/aromatic N) is 1. The van der Waals surface area contributed by atoms with Crippen molar-refractivity contribution in [3.05, 3.63) is 53.4 Å². The van der Waals surface area contributed by atoms with E-state index in [4.69, 9.17) is 8.83 Å². The van der Waals surface area contributed by atoms with Crippen LogP contribution in [0.5, 0.6) is 0 Å². The van der Waals surface area contributed by atoms with E-state index in [9.17, 15) is 4.79 Å². The molecule has 0 radical (unpaired) electrons. The molecule has 0 unspecified atom stereocenters. The van der Waals surface area contributed by atoms with Crippen molar-refractivity contribution in [2.45, 2.75) is 20.4 Å². The highest BCUT2D eigenvalue weighted by atomic mass is 16.3. The molecule has 4 heteroatoms. The second-order valence-electron chi connectivity index (χ2n) is 4.49. The van der Waals surface area contributed by atoms with Gasteiger partial charge in [0.1, 0.15) is 23.0 Å². The van der Waals surface area contributed by atoms with Gasteiger partial charge >= 0.3 is 0 Å². The van der Waals surface area contributed by atoms with Crippen LogP contribution < -0.4 is 0 Å². The Bertz CT molecular complexity index is 592. The molecule has 2 aromatic heterocycles. The van der Waals surface area contributed by atoms with E-state index in [0.717, 1.165) is 17.3 Å². The molecule has 2 aromatic rings. The lowest BCUT2D eigenvalue weighted by Crippen LogP contribution is -2.23. The molecule has 4 nitrogen and oxygen atoms in total. The molecule has 0 saturated heterocycles. The molecule has 0 spiro atoms. The van der Waals surface area contributed by atoms with Crippen LogP contribution >= 0.6 is 0 Å². The second-order valence-corrected chi connectivity index (χ2v) is 4.49. The fraction of sp³-hybridized carbons (Fsp3) is 0.267. The van der Waals surface area contributed by atoms with Gasteiger partial charge in [-0.05, 0) is 44.2 Å². The van der Waals surface area contributed by atoms with Crippen LogP contribution in [-0.4, -0.2) is 17.9 Å². The van der Waals surface area contributed by atoms with Crippen LogP contribution in [0.1, 0.15) is 23.0 Å². The van der Waals surface area contributed by atoms with E-state index in [1.165, 1.54) is 6.08 Å². The number of hydrogen-bond acceptors (Lipinski definition) is 3. The summed E-state index contributed by atoms with van der Waals surface area (Å²) in [5.74, 6) is 3.02. The van der Waals surface area contributed by atoms with Crippen molar-refractivity contribution in [1.29, 1.82) is 0 Å². The largest absolute Gasteiger partial charge is 0.464 e. The molecule has 100 valence electrons. The molecule has 0 aliphatic heterocycles. The number of furan rings is 2. The van der Waals surface area contributed by atoms with Gasteiger partial charge in [0.05, 0.1) is 6.54 Å². The highest BCUT2D eigenvalue weighted by Crippen LogP contribution is 2.10. The van der Waals surface area contributed by atoms with E-state index in [-0.39, 0.29) is 5.91 Å². The minimum absolute atomic E-state index is 0.0943. The number of hydrogen-bond donors (Lipinski definition) is 0. The van der Waals surface area contributed by atoms with Gasteiger partial charge in [-0.1, -0.05) is 0 Å². The first-order valence-electron chi connectivity index (χ1n) is 6.09. The lowest BCUT2D eigenvalue weighted by Gasteiger charge is -2.12. The first-order valence-corrected chi connectivity index (χ1v) is 6.09. The molecule has 2 heterocycles. The molecular weight excluding hydrogens is 242 g/mol. The van der Waals surface area contributed by atoms with Crippen molar-refractivity contribution in [3.8, 4) is 0 Å². The van der Waals surface area contributed by atoms with E-state index < -0.39 is 0 Å². The van der Waals surface area contributed by atoms with Gasteiger partial charge in [-0.25, -0.2) is 0 Å². The Balaban J connectivity index is 1.94. The van der Waals surface area contributed by atoms with Crippen LogP contribution in [0.15, 0.2) is 39.2 Å². The zero-order valence-electron chi connectivity index (χ0n) is 11.3. The molecule has 0 aliphatic carbocycles. The number of rotatable bonds is 4. The van der Waals surface area contributed by atoms with E-state index in [2.05, 4.69) is 0 Å². The highest BCUT2D eigenvalue weighted by molar-refractivity contribution is 5.91. The number of aryl methyl sites for hydroxylation is 2. The summed E-state index contributed by atoms with van der Waals surface area (Å²) in [6.45, 7) is 4.20. The second kappa shape index (κ2) is 5.61. The number of carbonyl (C=O) groups is 1. The molecule has 19 heavy (non-hydrogen) atoms. The molecule has 0 fully saturated rings. The highest BCUT2D eigenvalue weighted by Gasteiger charge is 2.08. The summed E-state index contributed by atoms with van der Waals surface area (Å²) in [5, 5.41) is 0. The monoisotopic (exact) mass is 259 g/mol. The smallest absolute Gasteiger partial charge is 0.246 e. The zero-order valence-corrected chi connectivity index (χ0v) is 11.3. The quantitative estimate of drug-likeness (QED) is 0.792. The third-order valence-corrected chi connectivity index (χ3v) is 2.72. The summed E-state index contributed by atoms with van der Waals surface area (Å²) in [5.41, 5.74) is 0.